The summed E-state index contributed by atoms with van der Waals surface area (Å²) in [5.41, 5.74) is 8.72. The lowest BCUT2D eigenvalue weighted by molar-refractivity contribution is 0.0898. The van der Waals surface area contributed by atoms with Crippen molar-refractivity contribution in [1.82, 2.24) is 14.5 Å². The summed E-state index contributed by atoms with van der Waals surface area (Å²) >= 11 is 3.52. The zero-order valence-corrected chi connectivity index (χ0v) is 19.3. The van der Waals surface area contributed by atoms with Crippen LogP contribution in [0.2, 0.25) is 25.7 Å². The fourth-order valence-electron chi connectivity index (χ4n) is 2.96. The molecule has 0 fully saturated rings. The highest BCUT2D eigenvalue weighted by molar-refractivity contribution is 9.10. The van der Waals surface area contributed by atoms with Gasteiger partial charge in [0.15, 0.2) is 5.65 Å². The monoisotopic (exact) mass is 482 g/mol. The van der Waals surface area contributed by atoms with Gasteiger partial charge in [-0.2, -0.15) is 0 Å². The summed E-state index contributed by atoms with van der Waals surface area (Å²) in [7, 11) is -1.13. The van der Waals surface area contributed by atoms with Gasteiger partial charge in [0.25, 0.3) is 0 Å². The number of rotatable bonds is 8. The highest BCUT2D eigenvalue weighted by Crippen LogP contribution is 2.27. The maximum absolute atomic E-state index is 13.4. The van der Waals surface area contributed by atoms with Gasteiger partial charge in [-0.1, -0.05) is 19.6 Å². The number of hydrogen-bond acceptors (Lipinski definition) is 4. The number of hydrogen-bond donors (Lipinski definition) is 1. The fourth-order valence-corrected chi connectivity index (χ4v) is 4.32. The third kappa shape index (κ3) is 5.91. The van der Waals surface area contributed by atoms with Crippen molar-refractivity contribution in [2.75, 3.05) is 6.61 Å². The van der Waals surface area contributed by atoms with E-state index in [1.165, 1.54) is 12.1 Å². The van der Waals surface area contributed by atoms with Crippen LogP contribution in [0.4, 0.5) is 8.78 Å². The summed E-state index contributed by atoms with van der Waals surface area (Å²) in [4.78, 5) is 8.91. The molecule has 0 aliphatic carbocycles. The van der Waals surface area contributed by atoms with E-state index in [9.17, 15) is 8.78 Å². The first-order valence-electron chi connectivity index (χ1n) is 9.42. The van der Waals surface area contributed by atoms with E-state index in [0.717, 1.165) is 28.7 Å². The van der Waals surface area contributed by atoms with Gasteiger partial charge >= 0.3 is 0 Å². The molecule has 1 atom stereocenters. The lowest BCUT2D eigenvalue weighted by Crippen LogP contribution is -2.22. The fraction of sp³-hybridized carbons (Fsp3) is 0.400. The van der Waals surface area contributed by atoms with E-state index in [4.69, 9.17) is 10.5 Å². The Balaban J connectivity index is 1.74. The van der Waals surface area contributed by atoms with E-state index in [1.54, 1.807) is 6.33 Å². The first-order chi connectivity index (χ1) is 13.6. The molecule has 0 radical (unpaired) electrons. The highest BCUT2D eigenvalue weighted by atomic mass is 79.9. The zero-order valence-electron chi connectivity index (χ0n) is 16.8. The second kappa shape index (κ2) is 8.99. The Morgan fingerprint density at radius 1 is 1.17 bits per heavy atom. The predicted molar refractivity (Wildman–Crippen MR) is 116 cm³/mol. The van der Waals surface area contributed by atoms with Gasteiger partial charge in [-0.15, -0.1) is 0 Å². The highest BCUT2D eigenvalue weighted by Gasteiger charge is 2.17. The van der Waals surface area contributed by atoms with Crippen LogP contribution in [0.5, 0.6) is 0 Å². The lowest BCUT2D eigenvalue weighted by atomic mass is 10.0. The van der Waals surface area contributed by atoms with Crippen LogP contribution in [0.25, 0.3) is 11.2 Å². The minimum absolute atomic E-state index is 0.256. The molecule has 1 unspecified atom stereocenters. The van der Waals surface area contributed by atoms with E-state index < -0.39 is 25.8 Å². The molecular formula is C20H25BrF2N4OSi. The van der Waals surface area contributed by atoms with Crippen LogP contribution in [0.1, 0.15) is 17.3 Å². The number of ether oxygens (including phenoxy) is 1. The molecular weight excluding hydrogens is 458 g/mol. The molecule has 5 nitrogen and oxygen atoms in total. The Labute approximate surface area is 178 Å². The standard InChI is InChI=1S/C20H25BrF2N4OSi/c1-29(2,3)5-4-28-12-27-11-25-20-18(27)10-16(21)19(26-20)17(24)8-13-6-14(22)9-15(23)7-13/h6-7,9-11,17H,4-5,8,12,24H2,1-3H3. The third-order valence-corrected chi connectivity index (χ3v) is 6.89. The minimum atomic E-state index is -1.13. The van der Waals surface area contributed by atoms with E-state index in [0.29, 0.717) is 23.6 Å². The van der Waals surface area contributed by atoms with Crippen LogP contribution in [0.15, 0.2) is 35.1 Å². The van der Waals surface area contributed by atoms with Gasteiger partial charge in [-0.25, -0.2) is 18.7 Å². The number of imidazole rings is 1. The van der Waals surface area contributed by atoms with Crippen molar-refractivity contribution in [3.8, 4) is 0 Å². The van der Waals surface area contributed by atoms with Crippen molar-refractivity contribution in [3.63, 3.8) is 0 Å². The molecule has 9 heteroatoms. The second-order valence-electron chi connectivity index (χ2n) is 8.35. The topological polar surface area (TPSA) is 66.0 Å². The average Bonchev–Trinajstić information content (AvgIpc) is 2.98. The number of aromatic nitrogens is 3. The van der Waals surface area contributed by atoms with Crippen molar-refractivity contribution in [3.05, 3.63) is 58.0 Å². The zero-order chi connectivity index (χ0) is 21.2. The van der Waals surface area contributed by atoms with Crippen molar-refractivity contribution < 1.29 is 13.5 Å². The SMILES string of the molecule is C[Si](C)(C)CCOCn1cnc2nc(C(N)Cc3cc(F)cc(F)c3)c(Br)cc21. The van der Waals surface area contributed by atoms with E-state index in [-0.39, 0.29) is 6.42 Å². The van der Waals surface area contributed by atoms with Crippen LogP contribution < -0.4 is 5.73 Å². The average molecular weight is 483 g/mol. The molecule has 0 saturated heterocycles. The number of halogens is 3. The van der Waals surface area contributed by atoms with Crippen LogP contribution in [-0.2, 0) is 17.9 Å². The van der Waals surface area contributed by atoms with E-state index >= 15 is 0 Å². The molecule has 156 valence electrons. The van der Waals surface area contributed by atoms with Gasteiger partial charge < -0.3 is 15.0 Å². The second-order valence-corrected chi connectivity index (χ2v) is 14.8. The molecule has 1 aromatic carbocycles. The van der Waals surface area contributed by atoms with Gasteiger partial charge in [0.05, 0.1) is 23.6 Å². The molecule has 0 bridgehead atoms. The summed E-state index contributed by atoms with van der Waals surface area (Å²) in [6, 6.07) is 5.87. The molecule has 3 rings (SSSR count). The molecule has 29 heavy (non-hydrogen) atoms. The minimum Gasteiger partial charge on any atom is -0.361 e. The van der Waals surface area contributed by atoms with E-state index in [2.05, 4.69) is 45.5 Å². The smallest absolute Gasteiger partial charge is 0.178 e. The molecule has 0 amide bonds. The van der Waals surface area contributed by atoms with Crippen molar-refractivity contribution in [1.29, 1.82) is 0 Å². The largest absolute Gasteiger partial charge is 0.361 e. The molecule has 0 spiro atoms. The lowest BCUT2D eigenvalue weighted by Gasteiger charge is -2.16. The summed E-state index contributed by atoms with van der Waals surface area (Å²) in [5.74, 6) is -1.25. The van der Waals surface area contributed by atoms with Gasteiger partial charge in [-0.3, -0.25) is 0 Å². The maximum atomic E-state index is 13.4. The summed E-state index contributed by atoms with van der Waals surface area (Å²) in [6.45, 7) is 8.06. The number of fused-ring (bicyclic) bond motifs is 1. The molecule has 2 N–H and O–H groups in total. The Kier molecular flexibility index (Phi) is 6.82. The third-order valence-electron chi connectivity index (χ3n) is 4.55. The number of pyridine rings is 1. The van der Waals surface area contributed by atoms with E-state index in [1.807, 2.05) is 10.6 Å². The first kappa shape index (κ1) is 22.0. The Morgan fingerprint density at radius 2 is 1.86 bits per heavy atom. The molecule has 3 aromatic rings. The summed E-state index contributed by atoms with van der Waals surface area (Å²) < 4.78 is 35.3. The Bertz CT molecular complexity index is 986. The molecule has 0 aliphatic heterocycles. The number of benzene rings is 1. The Hall–Kier alpha value is -1.68. The van der Waals surface area contributed by atoms with Gasteiger partial charge in [0, 0.05) is 25.2 Å². The molecule has 0 saturated carbocycles. The first-order valence-corrected chi connectivity index (χ1v) is 13.9. The van der Waals surface area contributed by atoms with Crippen LogP contribution >= 0.6 is 15.9 Å². The van der Waals surface area contributed by atoms with Gasteiger partial charge in [0.1, 0.15) is 18.4 Å². The Morgan fingerprint density at radius 3 is 2.52 bits per heavy atom. The van der Waals surface area contributed by atoms with Crippen molar-refractivity contribution in [2.24, 2.45) is 5.73 Å². The van der Waals surface area contributed by atoms with Crippen LogP contribution in [0.3, 0.4) is 0 Å². The summed E-state index contributed by atoms with van der Waals surface area (Å²) in [6.07, 6.45) is 1.95. The van der Waals surface area contributed by atoms with Crippen molar-refractivity contribution >= 4 is 35.2 Å². The van der Waals surface area contributed by atoms with Gasteiger partial charge in [-0.05, 0) is 52.2 Å². The number of nitrogens with two attached hydrogens (primary N) is 1. The predicted octanol–water partition coefficient (Wildman–Crippen LogP) is 5.03. The van der Waals surface area contributed by atoms with Crippen molar-refractivity contribution in [2.45, 2.75) is 44.9 Å². The quantitative estimate of drug-likeness (QED) is 0.361. The van der Waals surface area contributed by atoms with Crippen LogP contribution in [0, 0.1) is 11.6 Å². The molecule has 2 aromatic heterocycles. The molecule has 0 aliphatic rings. The summed E-state index contributed by atoms with van der Waals surface area (Å²) in [5, 5.41) is 0. The molecule has 2 heterocycles. The normalized spacial score (nSPS) is 13.2. The maximum Gasteiger partial charge on any atom is 0.178 e. The van der Waals surface area contributed by atoms with Gasteiger partial charge in [0.2, 0.25) is 0 Å². The number of nitrogens with zero attached hydrogens (tertiary/aromatic N) is 3. The van der Waals surface area contributed by atoms with Crippen LogP contribution in [-0.4, -0.2) is 29.2 Å².